The third kappa shape index (κ3) is 4.67. The number of nitrogens with zero attached hydrogens (tertiary/aromatic N) is 4. The molecule has 2 aromatic carbocycles. The van der Waals surface area contributed by atoms with E-state index in [0.717, 1.165) is 5.56 Å². The maximum atomic E-state index is 11.0. The average molecular weight is 476 g/mol. The number of aromatic nitrogens is 2. The Morgan fingerprint density at radius 1 is 1.24 bits per heavy atom. The summed E-state index contributed by atoms with van der Waals surface area (Å²) in [7, 11) is -4.87. The quantitative estimate of drug-likeness (QED) is 0.400. The third-order valence-corrected chi connectivity index (χ3v) is 6.06. The first-order valence-corrected chi connectivity index (χ1v) is 11.5. The van der Waals surface area contributed by atoms with Crippen LogP contribution < -0.4 is 10.6 Å². The van der Waals surface area contributed by atoms with E-state index in [1.807, 2.05) is 13.0 Å². The van der Waals surface area contributed by atoms with Crippen molar-refractivity contribution in [2.75, 3.05) is 23.8 Å². The van der Waals surface area contributed by atoms with Gasteiger partial charge in [-0.2, -0.15) is 10.5 Å². The van der Waals surface area contributed by atoms with Crippen LogP contribution in [0.5, 0.6) is 0 Å². The molecule has 3 aromatic rings. The van der Waals surface area contributed by atoms with Gasteiger partial charge in [0, 0.05) is 29.4 Å². The summed E-state index contributed by atoms with van der Waals surface area (Å²) in [5.41, 5.74) is 3.95. The summed E-state index contributed by atoms with van der Waals surface area (Å²) in [5, 5.41) is 25.1. The van der Waals surface area contributed by atoms with Gasteiger partial charge in [0.05, 0.1) is 35.2 Å². The Morgan fingerprint density at radius 3 is 2.74 bits per heavy atom. The maximum absolute atomic E-state index is 11.0. The number of rotatable bonds is 6. The smallest absolute Gasteiger partial charge is 0.227 e. The monoisotopic (exact) mass is 475 g/mol. The van der Waals surface area contributed by atoms with Gasteiger partial charge >= 0.3 is 0 Å². The van der Waals surface area contributed by atoms with Crippen LogP contribution in [0.4, 0.5) is 17.3 Å². The highest BCUT2D eigenvalue weighted by Gasteiger charge is 2.37. The summed E-state index contributed by atoms with van der Waals surface area (Å²) in [6.45, 7) is 3.57. The lowest BCUT2D eigenvalue weighted by molar-refractivity contribution is 0.211. The molecule has 0 bridgehead atoms. The minimum Gasteiger partial charge on any atom is -0.726 e. The largest absolute Gasteiger partial charge is 0.726 e. The van der Waals surface area contributed by atoms with Crippen LogP contribution in [0, 0.1) is 29.6 Å². The van der Waals surface area contributed by atoms with Crippen molar-refractivity contribution >= 4 is 27.7 Å². The van der Waals surface area contributed by atoms with Crippen LogP contribution in [0.15, 0.2) is 42.6 Å². The third-order valence-electron chi connectivity index (χ3n) is 5.65. The van der Waals surface area contributed by atoms with Gasteiger partial charge < -0.3 is 15.2 Å². The van der Waals surface area contributed by atoms with Gasteiger partial charge in [0.1, 0.15) is 6.07 Å². The lowest BCUT2D eigenvalue weighted by Crippen LogP contribution is -2.31. The molecule has 4 rings (SSSR count). The standard InChI is InChI=1S/C23H20N6O4S/c1-14-3-4-15(10-24)7-20(14)29-22-26-6-5-19(28-22)16-8-17(11-25)21-18(9-16)23(2,12-27-21)13-33-34(30,31)32/h3-9,27H,12-13H2,1-2H3,(H,26,28,29)(H,30,31,32)/p-1/t23-/m1/s1. The molecule has 0 amide bonds. The zero-order valence-electron chi connectivity index (χ0n) is 18.3. The number of nitrogens with one attached hydrogen (secondary N) is 2. The molecule has 1 aliphatic rings. The molecule has 1 atom stereocenters. The van der Waals surface area contributed by atoms with Crippen molar-refractivity contribution in [3.63, 3.8) is 0 Å². The molecule has 1 aliphatic heterocycles. The Hall–Kier alpha value is -4.03. The van der Waals surface area contributed by atoms with E-state index in [4.69, 9.17) is 5.26 Å². The van der Waals surface area contributed by atoms with Crippen LogP contribution in [0.2, 0.25) is 0 Å². The molecule has 10 nitrogen and oxygen atoms in total. The Balaban J connectivity index is 1.72. The zero-order valence-corrected chi connectivity index (χ0v) is 19.1. The second-order valence-electron chi connectivity index (χ2n) is 8.17. The average Bonchev–Trinajstić information content (AvgIpc) is 3.15. The van der Waals surface area contributed by atoms with Gasteiger partial charge in [-0.25, -0.2) is 18.4 Å². The Labute approximate surface area is 196 Å². The van der Waals surface area contributed by atoms with Gasteiger partial charge in [-0.05, 0) is 48.4 Å². The first kappa shape index (κ1) is 23.1. The summed E-state index contributed by atoms with van der Waals surface area (Å²) < 4.78 is 37.6. The molecule has 34 heavy (non-hydrogen) atoms. The van der Waals surface area contributed by atoms with Gasteiger partial charge in [0.15, 0.2) is 0 Å². The first-order chi connectivity index (χ1) is 16.1. The Kier molecular flexibility index (Phi) is 5.94. The molecule has 0 saturated heterocycles. The highest BCUT2D eigenvalue weighted by molar-refractivity contribution is 7.80. The number of fused-ring (bicyclic) bond motifs is 1. The van der Waals surface area contributed by atoms with Gasteiger partial charge in [-0.15, -0.1) is 0 Å². The molecule has 1 aromatic heterocycles. The van der Waals surface area contributed by atoms with E-state index < -0.39 is 15.8 Å². The van der Waals surface area contributed by atoms with Crippen molar-refractivity contribution in [3.05, 3.63) is 64.8 Å². The van der Waals surface area contributed by atoms with E-state index in [-0.39, 0.29) is 6.61 Å². The number of aryl methyl sites for hydroxylation is 1. The van der Waals surface area contributed by atoms with Crippen molar-refractivity contribution in [1.82, 2.24) is 9.97 Å². The van der Waals surface area contributed by atoms with Crippen LogP contribution >= 0.6 is 0 Å². The number of hydrogen-bond donors (Lipinski definition) is 2. The maximum Gasteiger partial charge on any atom is 0.227 e. The molecule has 0 fully saturated rings. The molecule has 0 aliphatic carbocycles. The SMILES string of the molecule is Cc1ccc(C#N)cc1Nc1nccc(-c2cc(C#N)c3c(c2)[C@@](C)(COS(=O)(=O)[O-])CN3)n1. The minimum atomic E-state index is -4.87. The topological polar surface area (TPSA) is 164 Å². The molecule has 2 N–H and O–H groups in total. The fourth-order valence-electron chi connectivity index (χ4n) is 3.78. The van der Waals surface area contributed by atoms with Crippen LogP contribution in [0.1, 0.15) is 29.2 Å². The fraction of sp³-hybridized carbons (Fsp3) is 0.217. The van der Waals surface area contributed by atoms with Crippen molar-refractivity contribution in [2.45, 2.75) is 19.3 Å². The summed E-state index contributed by atoms with van der Waals surface area (Å²) >= 11 is 0. The Bertz CT molecular complexity index is 1480. The summed E-state index contributed by atoms with van der Waals surface area (Å²) in [4.78, 5) is 8.81. The molecule has 0 radical (unpaired) electrons. The lowest BCUT2D eigenvalue weighted by Gasteiger charge is -2.25. The van der Waals surface area contributed by atoms with Gasteiger partial charge in [0.25, 0.3) is 0 Å². The summed E-state index contributed by atoms with van der Waals surface area (Å²) in [6.07, 6.45) is 1.57. The van der Waals surface area contributed by atoms with E-state index >= 15 is 0 Å². The first-order valence-electron chi connectivity index (χ1n) is 10.2. The van der Waals surface area contributed by atoms with Gasteiger partial charge in [-0.3, -0.25) is 4.18 Å². The predicted molar refractivity (Wildman–Crippen MR) is 123 cm³/mol. The van der Waals surface area contributed by atoms with Crippen molar-refractivity contribution in [3.8, 4) is 23.4 Å². The lowest BCUT2D eigenvalue weighted by atomic mass is 9.83. The molecule has 11 heteroatoms. The Morgan fingerprint density at radius 2 is 2.03 bits per heavy atom. The molecular weight excluding hydrogens is 456 g/mol. The molecule has 2 heterocycles. The van der Waals surface area contributed by atoms with Crippen LogP contribution in [-0.2, 0) is 20.0 Å². The molecular formula is C23H19N6O4S-. The number of nitriles is 2. The summed E-state index contributed by atoms with van der Waals surface area (Å²) in [5.74, 6) is 0.302. The highest BCUT2D eigenvalue weighted by atomic mass is 32.3. The molecule has 0 saturated carbocycles. The van der Waals surface area contributed by atoms with Crippen LogP contribution in [0.3, 0.4) is 0 Å². The second kappa shape index (κ2) is 8.72. The van der Waals surface area contributed by atoms with E-state index in [1.54, 1.807) is 43.5 Å². The number of anilines is 3. The molecule has 172 valence electrons. The van der Waals surface area contributed by atoms with Gasteiger partial charge in [0.2, 0.25) is 16.3 Å². The van der Waals surface area contributed by atoms with E-state index in [0.29, 0.717) is 51.8 Å². The van der Waals surface area contributed by atoms with E-state index in [2.05, 4.69) is 36.9 Å². The molecule has 0 unspecified atom stereocenters. The number of benzene rings is 2. The van der Waals surface area contributed by atoms with Crippen molar-refractivity contribution < 1.29 is 17.2 Å². The van der Waals surface area contributed by atoms with E-state index in [1.165, 1.54) is 0 Å². The molecule has 0 spiro atoms. The highest BCUT2D eigenvalue weighted by Crippen LogP contribution is 2.41. The van der Waals surface area contributed by atoms with Crippen molar-refractivity contribution in [2.24, 2.45) is 0 Å². The fourth-order valence-corrected chi connectivity index (χ4v) is 4.19. The minimum absolute atomic E-state index is 0.293. The number of hydrogen-bond acceptors (Lipinski definition) is 10. The zero-order chi connectivity index (χ0) is 24.5. The van der Waals surface area contributed by atoms with Crippen LogP contribution in [0.25, 0.3) is 11.3 Å². The predicted octanol–water partition coefficient (Wildman–Crippen LogP) is 3.10. The van der Waals surface area contributed by atoms with Crippen molar-refractivity contribution in [1.29, 1.82) is 10.5 Å². The van der Waals surface area contributed by atoms with E-state index in [9.17, 15) is 18.2 Å². The van der Waals surface area contributed by atoms with Gasteiger partial charge in [-0.1, -0.05) is 13.0 Å². The van der Waals surface area contributed by atoms with Crippen LogP contribution in [-0.4, -0.2) is 36.1 Å². The summed E-state index contributed by atoms with van der Waals surface area (Å²) in [6, 6.07) is 14.7. The second-order valence-corrected chi connectivity index (χ2v) is 9.23. The normalized spacial score (nSPS) is 16.7.